The van der Waals surface area contributed by atoms with Gasteiger partial charge in [0, 0.05) is 5.41 Å². The van der Waals surface area contributed by atoms with Gasteiger partial charge in [-0.3, -0.25) is 4.79 Å². The molecule has 0 saturated carbocycles. The van der Waals surface area contributed by atoms with Crippen molar-refractivity contribution in [2.75, 3.05) is 0 Å². The maximum absolute atomic E-state index is 12.5. The number of hydrogen-bond acceptors (Lipinski definition) is 4. The number of nitrogens with zero attached hydrogens (tertiary/aromatic N) is 2. The molecule has 1 saturated heterocycles. The molecular weight excluding hydrogens is 308 g/mol. The number of rotatable bonds is 1. The Hall–Kier alpha value is -1.53. The number of carbonyl (C=O) groups excluding carboxylic acids is 1. The molecule has 19 heavy (non-hydrogen) atoms. The van der Waals surface area contributed by atoms with Crippen molar-refractivity contribution in [3.63, 3.8) is 0 Å². The van der Waals surface area contributed by atoms with E-state index >= 15 is 0 Å². The topological polar surface area (TPSA) is 88.7 Å². The molecule has 100 valence electrons. The van der Waals surface area contributed by atoms with Gasteiger partial charge in [-0.05, 0) is 21.8 Å². The monoisotopic (exact) mass is 322 g/mol. The molecular formula is C13H15BrN4O. The molecule has 0 aliphatic carbocycles. The number of nitrogens with one attached hydrogen (secondary N) is 2. The summed E-state index contributed by atoms with van der Waals surface area (Å²) >= 11 is 3.30. The van der Waals surface area contributed by atoms with Crippen molar-refractivity contribution >= 4 is 21.8 Å². The second-order valence-electron chi connectivity index (χ2n) is 5.83. The van der Waals surface area contributed by atoms with Crippen molar-refractivity contribution in [1.82, 2.24) is 10.6 Å². The lowest BCUT2D eigenvalue weighted by atomic mass is 9.56. The van der Waals surface area contributed by atoms with Gasteiger partial charge >= 0.3 is 0 Å². The standard InChI is InChI=1S/C13H15BrN4O/c1-7(2)13-11(3,4)12(6-16,10(19)18-13)8(5-15)9(14)17-13/h7,17H,1-4H3,(H,18,19)/t12-,13-/m1/s1. The van der Waals surface area contributed by atoms with E-state index in [2.05, 4.69) is 32.6 Å². The molecule has 5 nitrogen and oxygen atoms in total. The van der Waals surface area contributed by atoms with Gasteiger partial charge in [-0.2, -0.15) is 10.5 Å². The normalized spacial score (nSPS) is 35.5. The van der Waals surface area contributed by atoms with E-state index in [0.29, 0.717) is 4.61 Å². The second kappa shape index (κ2) is 3.74. The number of hydrogen-bond donors (Lipinski definition) is 2. The number of nitriles is 2. The van der Waals surface area contributed by atoms with Gasteiger partial charge < -0.3 is 10.6 Å². The molecule has 2 rings (SSSR count). The van der Waals surface area contributed by atoms with Crippen molar-refractivity contribution in [1.29, 1.82) is 10.5 Å². The molecule has 2 N–H and O–H groups in total. The van der Waals surface area contributed by atoms with Crippen LogP contribution in [0.3, 0.4) is 0 Å². The summed E-state index contributed by atoms with van der Waals surface area (Å²) in [7, 11) is 0. The van der Waals surface area contributed by atoms with Crippen molar-refractivity contribution in [2.45, 2.75) is 33.4 Å². The first kappa shape index (κ1) is 13.9. The van der Waals surface area contributed by atoms with Crippen LogP contribution in [-0.2, 0) is 4.79 Å². The largest absolute Gasteiger partial charge is 0.355 e. The van der Waals surface area contributed by atoms with Gasteiger partial charge in [0.05, 0.1) is 22.3 Å². The first-order valence-electron chi connectivity index (χ1n) is 6.03. The third kappa shape index (κ3) is 1.21. The number of carbonyl (C=O) groups is 1. The molecule has 0 aromatic rings. The molecule has 6 heteroatoms. The van der Waals surface area contributed by atoms with Gasteiger partial charge in [0.15, 0.2) is 5.41 Å². The number of fused-ring (bicyclic) bond motifs is 2. The summed E-state index contributed by atoms with van der Waals surface area (Å²) in [5.74, 6) is -0.360. The fourth-order valence-corrected chi connectivity index (χ4v) is 4.11. The summed E-state index contributed by atoms with van der Waals surface area (Å²) in [6, 6.07) is 4.10. The van der Waals surface area contributed by atoms with Gasteiger partial charge in [0.25, 0.3) is 0 Å². The highest BCUT2D eigenvalue weighted by molar-refractivity contribution is 9.11. The highest BCUT2D eigenvalue weighted by Crippen LogP contribution is 2.60. The second-order valence-corrected chi connectivity index (χ2v) is 6.62. The summed E-state index contributed by atoms with van der Waals surface area (Å²) in [5.41, 5.74) is -2.82. The summed E-state index contributed by atoms with van der Waals surface area (Å²) in [6.45, 7) is 7.63. The third-order valence-electron chi connectivity index (χ3n) is 4.62. The molecule has 0 spiro atoms. The maximum Gasteiger partial charge on any atom is 0.248 e. The van der Waals surface area contributed by atoms with E-state index < -0.39 is 22.4 Å². The Labute approximate surface area is 120 Å². The van der Waals surface area contributed by atoms with Crippen molar-refractivity contribution in [3.05, 3.63) is 10.2 Å². The zero-order chi connectivity index (χ0) is 14.6. The van der Waals surface area contributed by atoms with Crippen LogP contribution in [0, 0.1) is 39.4 Å². The molecule has 2 aliphatic heterocycles. The summed E-state index contributed by atoms with van der Waals surface area (Å²) in [4.78, 5) is 12.5. The smallest absolute Gasteiger partial charge is 0.248 e. The zero-order valence-electron chi connectivity index (χ0n) is 11.3. The van der Waals surface area contributed by atoms with Crippen molar-refractivity contribution in [3.8, 4) is 12.1 Å². The summed E-state index contributed by atoms with van der Waals surface area (Å²) < 4.78 is 0.419. The average molecular weight is 323 g/mol. The molecule has 0 aromatic carbocycles. The van der Waals surface area contributed by atoms with Crippen LogP contribution in [0.4, 0.5) is 0 Å². The molecule has 0 aromatic heterocycles. The predicted molar refractivity (Wildman–Crippen MR) is 72.2 cm³/mol. The van der Waals surface area contributed by atoms with E-state index in [1.54, 1.807) is 0 Å². The van der Waals surface area contributed by atoms with Crippen molar-refractivity contribution < 1.29 is 4.79 Å². The minimum Gasteiger partial charge on any atom is -0.355 e. The Balaban J connectivity index is 2.88. The number of halogens is 1. The molecule has 2 atom stereocenters. The van der Waals surface area contributed by atoms with Gasteiger partial charge in [-0.25, -0.2) is 0 Å². The Morgan fingerprint density at radius 3 is 2.26 bits per heavy atom. The molecule has 0 unspecified atom stereocenters. The van der Waals surface area contributed by atoms with Crippen LogP contribution in [0.1, 0.15) is 27.7 Å². The Morgan fingerprint density at radius 2 is 1.84 bits per heavy atom. The average Bonchev–Trinajstić information content (AvgIpc) is 2.43. The zero-order valence-corrected chi connectivity index (χ0v) is 12.8. The fourth-order valence-electron chi connectivity index (χ4n) is 3.41. The van der Waals surface area contributed by atoms with Gasteiger partial charge in [0.2, 0.25) is 5.91 Å². The third-order valence-corrected chi connectivity index (χ3v) is 5.22. The number of amides is 1. The molecule has 0 radical (unpaired) electrons. The van der Waals surface area contributed by atoms with Gasteiger partial charge in [-0.1, -0.05) is 27.7 Å². The Kier molecular flexibility index (Phi) is 2.73. The summed E-state index contributed by atoms with van der Waals surface area (Å²) in [6.07, 6.45) is 0. The minimum atomic E-state index is -1.46. The SMILES string of the molecule is CC(C)[C@]12NC(=O)[C@@](C#N)(C(C#N)=C(Br)N1)C2(C)C. The van der Waals surface area contributed by atoms with E-state index in [4.69, 9.17) is 0 Å². The predicted octanol–water partition coefficient (Wildman–Crippen LogP) is 1.74. The van der Waals surface area contributed by atoms with Crippen LogP contribution in [0.5, 0.6) is 0 Å². The molecule has 2 aliphatic rings. The molecule has 1 fully saturated rings. The molecule has 2 heterocycles. The van der Waals surface area contributed by atoms with E-state index in [9.17, 15) is 15.3 Å². The van der Waals surface area contributed by atoms with Crippen LogP contribution < -0.4 is 10.6 Å². The van der Waals surface area contributed by atoms with Crippen molar-refractivity contribution in [2.24, 2.45) is 16.7 Å². The Morgan fingerprint density at radius 1 is 1.26 bits per heavy atom. The highest BCUT2D eigenvalue weighted by Gasteiger charge is 2.74. The lowest BCUT2D eigenvalue weighted by Gasteiger charge is -2.51. The van der Waals surface area contributed by atoms with Crippen LogP contribution in [0.25, 0.3) is 0 Å². The van der Waals surface area contributed by atoms with E-state index in [0.717, 1.165) is 0 Å². The summed E-state index contributed by atoms with van der Waals surface area (Å²) in [5, 5.41) is 25.1. The van der Waals surface area contributed by atoms with E-state index in [-0.39, 0.29) is 11.5 Å². The minimum absolute atomic E-state index is 0.0504. The van der Waals surface area contributed by atoms with Crippen LogP contribution in [-0.4, -0.2) is 11.6 Å². The lowest BCUT2D eigenvalue weighted by Crippen LogP contribution is -2.67. The van der Waals surface area contributed by atoms with E-state index in [1.165, 1.54) is 0 Å². The first-order valence-corrected chi connectivity index (χ1v) is 6.83. The van der Waals surface area contributed by atoms with Crippen LogP contribution in [0.15, 0.2) is 10.2 Å². The van der Waals surface area contributed by atoms with Gasteiger partial charge in [-0.15, -0.1) is 0 Å². The highest BCUT2D eigenvalue weighted by atomic mass is 79.9. The maximum atomic E-state index is 12.5. The first-order chi connectivity index (χ1) is 8.71. The quantitative estimate of drug-likeness (QED) is 0.719. The molecule has 1 amide bonds. The van der Waals surface area contributed by atoms with Crippen LogP contribution in [0.2, 0.25) is 0 Å². The van der Waals surface area contributed by atoms with Gasteiger partial charge in [0.1, 0.15) is 5.66 Å². The lowest BCUT2D eigenvalue weighted by molar-refractivity contribution is -0.125. The van der Waals surface area contributed by atoms with Crippen LogP contribution >= 0.6 is 15.9 Å². The van der Waals surface area contributed by atoms with E-state index in [1.807, 2.05) is 33.8 Å². The Bertz CT molecular complexity index is 580. The molecule has 2 bridgehead atoms. The fraction of sp³-hybridized carbons (Fsp3) is 0.615.